The van der Waals surface area contributed by atoms with Crippen molar-refractivity contribution in [2.75, 3.05) is 5.32 Å². The Labute approximate surface area is 181 Å². The highest BCUT2D eigenvalue weighted by molar-refractivity contribution is 7.59. The second-order valence-corrected chi connectivity index (χ2v) is 9.30. The van der Waals surface area contributed by atoms with Crippen LogP contribution in [0.5, 0.6) is 0 Å². The summed E-state index contributed by atoms with van der Waals surface area (Å²) in [6, 6.07) is 9.54. The van der Waals surface area contributed by atoms with E-state index in [1.54, 1.807) is 41.9 Å². The summed E-state index contributed by atoms with van der Waals surface area (Å²) in [6.07, 6.45) is 4.95. The number of aromatic nitrogens is 3. The van der Waals surface area contributed by atoms with Gasteiger partial charge in [0.05, 0.1) is 17.5 Å². The number of pyridine rings is 2. The number of carbonyl (C=O) groups is 1. The Morgan fingerprint density at radius 2 is 2.00 bits per heavy atom. The van der Waals surface area contributed by atoms with Crippen LogP contribution in [0.4, 0.5) is 5.82 Å². The maximum Gasteiger partial charge on any atom is 0.391 e. The van der Waals surface area contributed by atoms with Crippen LogP contribution in [0.3, 0.4) is 0 Å². The average molecular weight is 454 g/mol. The van der Waals surface area contributed by atoms with E-state index in [-0.39, 0.29) is 23.1 Å². The fraction of sp³-hybridized carbons (Fsp3) is 0.190. The van der Waals surface area contributed by atoms with Gasteiger partial charge in [-0.2, -0.15) is 0 Å². The highest BCUT2D eigenvalue weighted by Crippen LogP contribution is 2.36. The van der Waals surface area contributed by atoms with Gasteiger partial charge in [-0.05, 0) is 43.2 Å². The number of furan rings is 1. The molecule has 0 unspecified atom stereocenters. The van der Waals surface area contributed by atoms with Crippen LogP contribution in [0.2, 0.25) is 0 Å². The summed E-state index contributed by atoms with van der Waals surface area (Å²) in [5.74, 6) is 0.594. The van der Waals surface area contributed by atoms with E-state index in [2.05, 4.69) is 10.3 Å². The molecule has 1 amide bonds. The molecule has 0 bridgehead atoms. The van der Waals surface area contributed by atoms with Crippen molar-refractivity contribution >= 4 is 30.5 Å². The van der Waals surface area contributed by atoms with E-state index in [1.165, 1.54) is 22.9 Å². The van der Waals surface area contributed by atoms with Gasteiger partial charge in [0.25, 0.3) is 5.56 Å². The first-order valence-corrected chi connectivity index (χ1v) is 11.5. The van der Waals surface area contributed by atoms with Crippen molar-refractivity contribution in [2.24, 2.45) is 13.0 Å². The van der Waals surface area contributed by atoms with E-state index in [0.29, 0.717) is 28.3 Å². The number of carbonyl (C=O) groups excluding carboxylic acids is 1. The van der Waals surface area contributed by atoms with Crippen molar-refractivity contribution in [1.29, 1.82) is 0 Å². The zero-order chi connectivity index (χ0) is 22.6. The van der Waals surface area contributed by atoms with Gasteiger partial charge in [-0.3, -0.25) is 18.6 Å². The maximum absolute atomic E-state index is 12.9. The van der Waals surface area contributed by atoms with Gasteiger partial charge in [0.2, 0.25) is 11.4 Å². The number of anilines is 1. The van der Waals surface area contributed by atoms with Crippen molar-refractivity contribution in [2.45, 2.75) is 12.8 Å². The minimum atomic E-state index is -4.54. The predicted octanol–water partition coefficient (Wildman–Crippen LogP) is 2.11. The fourth-order valence-corrected chi connectivity index (χ4v) is 4.02. The number of nitrogens with zero attached hydrogens (tertiary/aromatic N) is 3. The van der Waals surface area contributed by atoms with Gasteiger partial charge in [-0.1, -0.05) is 6.07 Å². The van der Waals surface area contributed by atoms with Gasteiger partial charge in [0.1, 0.15) is 11.4 Å². The van der Waals surface area contributed by atoms with Crippen LogP contribution in [0, 0.1) is 5.92 Å². The molecule has 0 radical (unpaired) electrons. The van der Waals surface area contributed by atoms with E-state index in [9.17, 15) is 23.9 Å². The lowest BCUT2D eigenvalue weighted by atomic mass is 10.1. The van der Waals surface area contributed by atoms with Crippen LogP contribution in [-0.2, 0) is 16.4 Å². The number of amides is 1. The van der Waals surface area contributed by atoms with Gasteiger partial charge in [-0.25, -0.2) is 4.98 Å². The summed E-state index contributed by atoms with van der Waals surface area (Å²) < 4.78 is 19.9. The van der Waals surface area contributed by atoms with E-state index in [4.69, 9.17) is 4.42 Å². The first-order chi connectivity index (χ1) is 15.2. The number of rotatable bonds is 5. The Bertz CT molecular complexity index is 1470. The molecule has 4 aromatic rings. The Hall–Kier alpha value is -3.46. The number of hydrogen-bond acceptors (Lipinski definition) is 5. The molecule has 164 valence electrons. The third kappa shape index (κ3) is 3.69. The van der Waals surface area contributed by atoms with Crippen LogP contribution in [0.15, 0.2) is 58.0 Å². The molecule has 11 heteroatoms. The smallest absolute Gasteiger partial charge is 0.391 e. The summed E-state index contributed by atoms with van der Waals surface area (Å²) in [5, 5.41) is 2.81. The summed E-state index contributed by atoms with van der Waals surface area (Å²) >= 11 is 0. The minimum absolute atomic E-state index is 0.0367. The summed E-state index contributed by atoms with van der Waals surface area (Å²) in [7, 11) is -2.95. The van der Waals surface area contributed by atoms with Gasteiger partial charge in [0, 0.05) is 24.7 Å². The molecule has 0 aromatic carbocycles. The fourth-order valence-electron chi connectivity index (χ4n) is 3.53. The van der Waals surface area contributed by atoms with E-state index >= 15 is 0 Å². The zero-order valence-corrected chi connectivity index (χ0v) is 17.8. The maximum atomic E-state index is 12.9. The monoisotopic (exact) mass is 454 g/mol. The number of hydrogen-bond donors (Lipinski definition) is 3. The highest BCUT2D eigenvalue weighted by Gasteiger charge is 2.30. The second-order valence-electron chi connectivity index (χ2n) is 7.77. The molecule has 3 N–H and O–H groups in total. The zero-order valence-electron chi connectivity index (χ0n) is 16.9. The molecular weight excluding hydrogens is 435 g/mol. The average Bonchev–Trinajstić information content (AvgIpc) is 3.31. The molecule has 0 aliphatic heterocycles. The first-order valence-electron chi connectivity index (χ1n) is 9.87. The number of nitrogens with one attached hydrogen (secondary N) is 1. The van der Waals surface area contributed by atoms with E-state index in [1.807, 2.05) is 0 Å². The Balaban J connectivity index is 1.60. The molecule has 1 aliphatic rings. The first kappa shape index (κ1) is 20.4. The van der Waals surface area contributed by atoms with Crippen LogP contribution in [-0.4, -0.2) is 29.6 Å². The lowest BCUT2D eigenvalue weighted by molar-refractivity contribution is -0.117. The van der Waals surface area contributed by atoms with Crippen molar-refractivity contribution in [3.05, 3.63) is 59.1 Å². The van der Waals surface area contributed by atoms with Crippen LogP contribution >= 0.6 is 7.60 Å². The Kier molecular flexibility index (Phi) is 4.67. The molecule has 0 saturated heterocycles. The van der Waals surface area contributed by atoms with E-state index < -0.39 is 13.1 Å². The van der Waals surface area contributed by atoms with Crippen molar-refractivity contribution < 1.29 is 23.6 Å². The molecule has 0 spiro atoms. The molecular formula is C21H19N4O6P. The molecule has 1 saturated carbocycles. The largest absolute Gasteiger partial charge is 0.448 e. The normalized spacial score (nSPS) is 14.1. The van der Waals surface area contributed by atoms with Crippen LogP contribution in [0.25, 0.3) is 28.2 Å². The Morgan fingerprint density at radius 1 is 1.22 bits per heavy atom. The predicted molar refractivity (Wildman–Crippen MR) is 117 cm³/mol. The molecule has 1 fully saturated rings. The topological polar surface area (TPSA) is 139 Å². The van der Waals surface area contributed by atoms with Gasteiger partial charge in [-0.15, -0.1) is 0 Å². The highest BCUT2D eigenvalue weighted by atomic mass is 31.2. The summed E-state index contributed by atoms with van der Waals surface area (Å²) in [5.41, 5.74) is 1.19. The third-order valence-corrected chi connectivity index (χ3v) is 6.13. The summed E-state index contributed by atoms with van der Waals surface area (Å²) in [4.78, 5) is 48.1. The molecule has 1 aliphatic carbocycles. The SMILES string of the molecule is Cn1cc(-c2ccc(P(=O)(O)O)o2)cc(-c2cccc3nc(NC(=O)C4CC4)cn23)c1=O. The quantitative estimate of drug-likeness (QED) is 0.393. The second kappa shape index (κ2) is 7.30. The molecule has 4 aromatic heterocycles. The molecule has 10 nitrogen and oxygen atoms in total. The van der Waals surface area contributed by atoms with Gasteiger partial charge < -0.3 is 24.1 Å². The lowest BCUT2D eigenvalue weighted by Crippen LogP contribution is -2.19. The van der Waals surface area contributed by atoms with Crippen LogP contribution in [0.1, 0.15) is 12.8 Å². The number of fused-ring (bicyclic) bond motifs is 1. The minimum Gasteiger partial charge on any atom is -0.448 e. The van der Waals surface area contributed by atoms with Crippen molar-refractivity contribution in [3.63, 3.8) is 0 Å². The van der Waals surface area contributed by atoms with Gasteiger partial charge >= 0.3 is 7.60 Å². The van der Waals surface area contributed by atoms with Gasteiger partial charge in [0.15, 0.2) is 5.82 Å². The van der Waals surface area contributed by atoms with E-state index in [0.717, 1.165) is 12.8 Å². The number of aryl methyl sites for hydroxylation is 1. The van der Waals surface area contributed by atoms with Crippen molar-refractivity contribution in [3.8, 4) is 22.6 Å². The van der Waals surface area contributed by atoms with Crippen molar-refractivity contribution in [1.82, 2.24) is 14.0 Å². The molecule has 32 heavy (non-hydrogen) atoms. The lowest BCUT2D eigenvalue weighted by Gasteiger charge is -2.09. The van der Waals surface area contributed by atoms with Crippen LogP contribution < -0.4 is 16.4 Å². The number of imidazole rings is 1. The molecule has 0 atom stereocenters. The standard InChI is InChI=1S/C21H19N4O6P/c1-24-10-13(16-7-8-19(31-16)32(28,29)30)9-14(21(24)27)15-3-2-4-18-22-17(11-25(15)18)23-20(26)12-5-6-12/h2-4,7-12H,5-6H2,1H3,(H,23,26)(H2,28,29,30). The Morgan fingerprint density at radius 3 is 2.69 bits per heavy atom. The molecule has 4 heterocycles. The molecule has 5 rings (SSSR count). The summed E-state index contributed by atoms with van der Waals surface area (Å²) in [6.45, 7) is 0. The third-order valence-electron chi connectivity index (χ3n) is 5.31.